The van der Waals surface area contributed by atoms with Crippen molar-refractivity contribution >= 4 is 17.3 Å². The third kappa shape index (κ3) is 4.31. The molecule has 1 saturated carbocycles. The van der Waals surface area contributed by atoms with Crippen LogP contribution in [0.1, 0.15) is 42.3 Å². The average molecular weight is 407 g/mol. The van der Waals surface area contributed by atoms with Gasteiger partial charge in [0.05, 0.1) is 16.4 Å². The molecule has 5 rings (SSSR count). The lowest BCUT2D eigenvalue weighted by atomic mass is 10.1. The van der Waals surface area contributed by atoms with Crippen molar-refractivity contribution in [3.8, 4) is 11.3 Å². The number of hydrogen-bond acceptors (Lipinski definition) is 7. The van der Waals surface area contributed by atoms with E-state index in [0.29, 0.717) is 0 Å². The molecule has 3 aromatic heterocycles. The smallest absolute Gasteiger partial charge is 0.225 e. The maximum Gasteiger partial charge on any atom is 0.225 e. The monoisotopic (exact) mass is 406 g/mol. The van der Waals surface area contributed by atoms with Crippen LogP contribution in [0, 0.1) is 0 Å². The van der Waals surface area contributed by atoms with E-state index >= 15 is 0 Å². The quantitative estimate of drug-likeness (QED) is 0.639. The number of anilines is 1. The average Bonchev–Trinajstić information content (AvgIpc) is 3.47. The second-order valence-corrected chi connectivity index (χ2v) is 8.79. The number of nitrogens with zero attached hydrogens (tertiary/aromatic N) is 6. The first kappa shape index (κ1) is 18.6. The second kappa shape index (κ2) is 8.55. The van der Waals surface area contributed by atoms with Crippen molar-refractivity contribution in [2.45, 2.75) is 38.1 Å². The van der Waals surface area contributed by atoms with Crippen LogP contribution in [0.15, 0.2) is 42.2 Å². The molecule has 7 heteroatoms. The van der Waals surface area contributed by atoms with Crippen LogP contribution < -0.4 is 4.90 Å². The molecule has 0 N–H and O–H groups in total. The van der Waals surface area contributed by atoms with E-state index in [0.717, 1.165) is 55.8 Å². The molecule has 150 valence electrons. The highest BCUT2D eigenvalue weighted by Gasteiger charge is 2.23. The Morgan fingerprint density at radius 2 is 1.72 bits per heavy atom. The Hall–Kier alpha value is -2.38. The molecule has 0 amide bonds. The number of piperazine rings is 1. The molecule has 0 aromatic carbocycles. The predicted molar refractivity (Wildman–Crippen MR) is 116 cm³/mol. The fourth-order valence-electron chi connectivity index (χ4n) is 4.27. The molecule has 1 saturated heterocycles. The summed E-state index contributed by atoms with van der Waals surface area (Å²) in [6, 6.07) is 5.93. The van der Waals surface area contributed by atoms with Gasteiger partial charge in [-0.25, -0.2) is 15.0 Å². The Bertz CT molecular complexity index is 929. The molecule has 1 aliphatic carbocycles. The zero-order chi connectivity index (χ0) is 19.5. The molecule has 3 aromatic rings. The van der Waals surface area contributed by atoms with E-state index in [-0.39, 0.29) is 0 Å². The van der Waals surface area contributed by atoms with Gasteiger partial charge in [0.15, 0.2) is 0 Å². The van der Waals surface area contributed by atoms with Gasteiger partial charge in [-0.15, -0.1) is 11.3 Å². The largest absolute Gasteiger partial charge is 0.338 e. The summed E-state index contributed by atoms with van der Waals surface area (Å²) in [5.41, 5.74) is 3.26. The third-order valence-electron chi connectivity index (χ3n) is 5.93. The van der Waals surface area contributed by atoms with Crippen LogP contribution in [0.2, 0.25) is 0 Å². The molecule has 0 atom stereocenters. The van der Waals surface area contributed by atoms with Crippen molar-refractivity contribution in [3.63, 3.8) is 0 Å². The highest BCUT2D eigenvalue weighted by molar-refractivity contribution is 7.09. The van der Waals surface area contributed by atoms with Crippen molar-refractivity contribution < 1.29 is 0 Å². The van der Waals surface area contributed by atoms with Gasteiger partial charge in [0.1, 0.15) is 0 Å². The number of pyridine rings is 1. The lowest BCUT2D eigenvalue weighted by Crippen LogP contribution is -2.46. The van der Waals surface area contributed by atoms with Gasteiger partial charge in [-0.1, -0.05) is 12.8 Å². The first-order valence-electron chi connectivity index (χ1n) is 10.5. The molecule has 0 unspecified atom stereocenters. The highest BCUT2D eigenvalue weighted by atomic mass is 32.1. The van der Waals surface area contributed by atoms with Crippen LogP contribution in [0.5, 0.6) is 0 Å². The van der Waals surface area contributed by atoms with Gasteiger partial charge in [-0.05, 0) is 31.0 Å². The zero-order valence-corrected chi connectivity index (χ0v) is 17.4. The van der Waals surface area contributed by atoms with Crippen molar-refractivity contribution in [3.05, 3.63) is 52.9 Å². The lowest BCUT2D eigenvalue weighted by Gasteiger charge is -2.34. The summed E-state index contributed by atoms with van der Waals surface area (Å²) in [7, 11) is 0. The van der Waals surface area contributed by atoms with Crippen LogP contribution in [-0.2, 0) is 6.54 Å². The van der Waals surface area contributed by atoms with Gasteiger partial charge >= 0.3 is 0 Å². The van der Waals surface area contributed by atoms with E-state index < -0.39 is 0 Å². The Morgan fingerprint density at radius 3 is 2.52 bits per heavy atom. The van der Waals surface area contributed by atoms with Crippen LogP contribution in [-0.4, -0.2) is 51.0 Å². The topological polar surface area (TPSA) is 58.0 Å². The predicted octanol–water partition coefficient (Wildman–Crippen LogP) is 3.97. The van der Waals surface area contributed by atoms with E-state index in [1.807, 2.05) is 35.7 Å². The van der Waals surface area contributed by atoms with E-state index in [9.17, 15) is 0 Å². The fourth-order valence-corrected chi connectivity index (χ4v) is 5.26. The van der Waals surface area contributed by atoms with E-state index in [4.69, 9.17) is 9.97 Å². The SMILES string of the molecule is c1cc(-c2ccnc(N3CCN(Cc4csc(C5CCCC5)n4)CC3)n2)ccn1. The number of hydrogen-bond donors (Lipinski definition) is 0. The minimum atomic E-state index is 0.718. The third-order valence-corrected chi connectivity index (χ3v) is 6.99. The molecule has 2 aliphatic rings. The summed E-state index contributed by atoms with van der Waals surface area (Å²) in [4.78, 5) is 23.1. The van der Waals surface area contributed by atoms with Gasteiger partial charge < -0.3 is 4.90 Å². The van der Waals surface area contributed by atoms with Gasteiger partial charge in [-0.2, -0.15) is 0 Å². The van der Waals surface area contributed by atoms with E-state index in [2.05, 4.69) is 25.1 Å². The summed E-state index contributed by atoms with van der Waals surface area (Å²) >= 11 is 1.86. The van der Waals surface area contributed by atoms with Crippen LogP contribution in [0.25, 0.3) is 11.3 Å². The normalized spacial score (nSPS) is 18.4. The lowest BCUT2D eigenvalue weighted by molar-refractivity contribution is 0.246. The fraction of sp³-hybridized carbons (Fsp3) is 0.455. The molecular formula is C22H26N6S. The van der Waals surface area contributed by atoms with Gasteiger partial charge in [0, 0.05) is 68.2 Å². The van der Waals surface area contributed by atoms with E-state index in [1.54, 1.807) is 12.4 Å². The highest BCUT2D eigenvalue weighted by Crippen LogP contribution is 2.35. The first-order valence-corrected chi connectivity index (χ1v) is 11.4. The van der Waals surface area contributed by atoms with Crippen molar-refractivity contribution in [1.29, 1.82) is 0 Å². The second-order valence-electron chi connectivity index (χ2n) is 7.90. The summed E-state index contributed by atoms with van der Waals surface area (Å²) in [6.45, 7) is 4.87. The van der Waals surface area contributed by atoms with Crippen LogP contribution in [0.3, 0.4) is 0 Å². The standard InChI is InChI=1S/C22H26N6S/c1-2-4-18(3-1)21-25-19(16-29-21)15-27-11-13-28(14-12-27)22-24-10-7-20(26-22)17-5-8-23-9-6-17/h5-10,16,18H,1-4,11-15H2. The summed E-state index contributed by atoms with van der Waals surface area (Å²) in [5, 5.41) is 3.62. The molecule has 0 radical (unpaired) electrons. The number of rotatable bonds is 5. The van der Waals surface area contributed by atoms with Gasteiger partial charge in [-0.3, -0.25) is 9.88 Å². The Balaban J connectivity index is 1.19. The van der Waals surface area contributed by atoms with Crippen LogP contribution >= 0.6 is 11.3 Å². The number of thiazole rings is 1. The minimum Gasteiger partial charge on any atom is -0.338 e. The zero-order valence-electron chi connectivity index (χ0n) is 16.6. The Kier molecular flexibility index (Phi) is 5.49. The minimum absolute atomic E-state index is 0.718. The molecule has 0 bridgehead atoms. The molecule has 2 fully saturated rings. The Morgan fingerprint density at radius 1 is 0.931 bits per heavy atom. The summed E-state index contributed by atoms with van der Waals surface area (Å²) in [6.07, 6.45) is 10.8. The molecular weight excluding hydrogens is 380 g/mol. The van der Waals surface area contributed by atoms with Crippen LogP contribution in [0.4, 0.5) is 5.95 Å². The van der Waals surface area contributed by atoms with Gasteiger partial charge in [0.25, 0.3) is 0 Å². The van der Waals surface area contributed by atoms with Gasteiger partial charge in [0.2, 0.25) is 5.95 Å². The molecule has 29 heavy (non-hydrogen) atoms. The molecule has 0 spiro atoms. The number of aromatic nitrogens is 4. The molecule has 1 aliphatic heterocycles. The molecule has 6 nitrogen and oxygen atoms in total. The first-order chi connectivity index (χ1) is 14.3. The maximum absolute atomic E-state index is 4.94. The maximum atomic E-state index is 4.94. The van der Waals surface area contributed by atoms with Crippen molar-refractivity contribution in [2.75, 3.05) is 31.1 Å². The molecule has 4 heterocycles. The Labute approximate surface area is 175 Å². The summed E-state index contributed by atoms with van der Waals surface area (Å²) in [5.74, 6) is 1.53. The van der Waals surface area contributed by atoms with E-state index in [1.165, 1.54) is 36.4 Å². The van der Waals surface area contributed by atoms with Crippen molar-refractivity contribution in [1.82, 2.24) is 24.8 Å². The summed E-state index contributed by atoms with van der Waals surface area (Å²) < 4.78 is 0. The van der Waals surface area contributed by atoms with Crippen molar-refractivity contribution in [2.24, 2.45) is 0 Å².